The molecule has 0 aliphatic carbocycles. The van der Waals surface area contributed by atoms with Crippen molar-refractivity contribution in [3.8, 4) is 0 Å². The van der Waals surface area contributed by atoms with E-state index in [9.17, 15) is 9.18 Å². The monoisotopic (exact) mass is 242 g/mol. The van der Waals surface area contributed by atoms with Crippen molar-refractivity contribution in [2.24, 2.45) is 0 Å². The summed E-state index contributed by atoms with van der Waals surface area (Å²) in [6.45, 7) is 1.85. The van der Waals surface area contributed by atoms with Gasteiger partial charge < -0.3 is 0 Å². The fourth-order valence-corrected chi connectivity index (χ4v) is 2.07. The third-order valence-corrected chi connectivity index (χ3v) is 3.01. The zero-order valence-corrected chi connectivity index (χ0v) is 10.3. The second-order valence-electron chi connectivity index (χ2n) is 4.22. The average molecular weight is 242 g/mol. The summed E-state index contributed by atoms with van der Waals surface area (Å²) in [5.41, 5.74) is 1.80. The molecule has 0 fully saturated rings. The summed E-state index contributed by atoms with van der Waals surface area (Å²) in [4.78, 5) is 12.1. The van der Waals surface area contributed by atoms with Crippen LogP contribution >= 0.6 is 0 Å². The van der Waals surface area contributed by atoms with Gasteiger partial charge in [0.15, 0.2) is 0 Å². The Morgan fingerprint density at radius 3 is 2.11 bits per heavy atom. The summed E-state index contributed by atoms with van der Waals surface area (Å²) < 4.78 is 13.0. The molecular weight excluding hydrogens is 227 g/mol. The number of hydrogen-bond acceptors (Lipinski definition) is 1. The van der Waals surface area contributed by atoms with Crippen LogP contribution in [0.4, 0.5) is 4.39 Å². The van der Waals surface area contributed by atoms with Crippen LogP contribution in [0.25, 0.3) is 0 Å². The number of halogens is 1. The van der Waals surface area contributed by atoms with Gasteiger partial charge in [0, 0.05) is 6.42 Å². The van der Waals surface area contributed by atoms with Crippen molar-refractivity contribution in [1.29, 1.82) is 0 Å². The highest BCUT2D eigenvalue weighted by Gasteiger charge is 2.20. The number of hydrogen-bond donors (Lipinski definition) is 0. The lowest BCUT2D eigenvalue weighted by Gasteiger charge is -2.16. The molecule has 18 heavy (non-hydrogen) atoms. The van der Waals surface area contributed by atoms with Crippen LogP contribution in [0.5, 0.6) is 0 Å². The molecule has 0 aliphatic rings. The molecule has 2 heteroatoms. The average Bonchev–Trinajstić information content (AvgIpc) is 2.42. The Hall–Kier alpha value is -1.96. The summed E-state index contributed by atoms with van der Waals surface area (Å²) in [7, 11) is 0. The fourth-order valence-electron chi connectivity index (χ4n) is 2.07. The molecule has 0 saturated carbocycles. The lowest BCUT2D eigenvalue weighted by Crippen LogP contribution is -2.12. The number of Topliss-reactive ketones (excluding diaryl/α,β-unsaturated/α-hetero) is 1. The van der Waals surface area contributed by atoms with Crippen molar-refractivity contribution in [3.63, 3.8) is 0 Å². The minimum Gasteiger partial charge on any atom is -0.299 e. The molecule has 0 amide bonds. The fraction of sp³-hybridized carbons (Fsp3) is 0.188. The zero-order chi connectivity index (χ0) is 13.0. The van der Waals surface area contributed by atoms with Crippen molar-refractivity contribution in [2.75, 3.05) is 0 Å². The standard InChI is InChI=1S/C16H15FO/c1-2-15(18)16(12-6-4-3-5-7-12)13-8-10-14(17)11-9-13/h3-11,16H,2H2,1H3. The first-order valence-electron chi connectivity index (χ1n) is 6.05. The molecule has 0 aliphatic heterocycles. The minimum atomic E-state index is -0.295. The SMILES string of the molecule is CCC(=O)C(c1ccccc1)c1ccc(F)cc1. The molecule has 0 spiro atoms. The molecule has 2 aromatic rings. The van der Waals surface area contributed by atoms with Gasteiger partial charge in [0.1, 0.15) is 11.6 Å². The Morgan fingerprint density at radius 2 is 1.56 bits per heavy atom. The van der Waals surface area contributed by atoms with Gasteiger partial charge in [-0.3, -0.25) is 4.79 Å². The first-order chi connectivity index (χ1) is 8.72. The molecule has 2 aromatic carbocycles. The van der Waals surface area contributed by atoms with Gasteiger partial charge in [-0.25, -0.2) is 4.39 Å². The number of carbonyl (C=O) groups is 1. The van der Waals surface area contributed by atoms with E-state index in [0.717, 1.165) is 11.1 Å². The molecular formula is C16H15FO. The first kappa shape index (κ1) is 12.5. The summed E-state index contributed by atoms with van der Waals surface area (Å²) in [6, 6.07) is 15.8. The van der Waals surface area contributed by atoms with E-state index in [0.29, 0.717) is 6.42 Å². The first-order valence-corrected chi connectivity index (χ1v) is 6.05. The van der Waals surface area contributed by atoms with Gasteiger partial charge in [-0.05, 0) is 23.3 Å². The summed E-state index contributed by atoms with van der Waals surface area (Å²) in [6.07, 6.45) is 0.469. The van der Waals surface area contributed by atoms with E-state index in [1.54, 1.807) is 12.1 Å². The van der Waals surface area contributed by atoms with Crippen LogP contribution in [0.3, 0.4) is 0 Å². The van der Waals surface area contributed by atoms with Crippen molar-refractivity contribution in [3.05, 3.63) is 71.5 Å². The maximum absolute atomic E-state index is 13.0. The van der Waals surface area contributed by atoms with E-state index in [4.69, 9.17) is 0 Å². The molecule has 0 aromatic heterocycles. The van der Waals surface area contributed by atoms with E-state index in [-0.39, 0.29) is 17.5 Å². The molecule has 92 valence electrons. The van der Waals surface area contributed by atoms with Crippen LogP contribution in [-0.4, -0.2) is 5.78 Å². The highest BCUT2D eigenvalue weighted by atomic mass is 19.1. The van der Waals surface area contributed by atoms with Crippen LogP contribution in [0.2, 0.25) is 0 Å². The van der Waals surface area contributed by atoms with Gasteiger partial charge in [0.2, 0.25) is 0 Å². The second-order valence-corrected chi connectivity index (χ2v) is 4.22. The lowest BCUT2D eigenvalue weighted by molar-refractivity contribution is -0.119. The van der Waals surface area contributed by atoms with Crippen LogP contribution in [0, 0.1) is 5.82 Å². The maximum atomic E-state index is 13.0. The number of rotatable bonds is 4. The molecule has 2 rings (SSSR count). The molecule has 0 bridgehead atoms. The van der Waals surface area contributed by atoms with Gasteiger partial charge in [-0.2, -0.15) is 0 Å². The van der Waals surface area contributed by atoms with Gasteiger partial charge in [0.25, 0.3) is 0 Å². The van der Waals surface area contributed by atoms with E-state index in [2.05, 4.69) is 0 Å². The lowest BCUT2D eigenvalue weighted by atomic mass is 9.87. The van der Waals surface area contributed by atoms with Crippen molar-refractivity contribution >= 4 is 5.78 Å². The summed E-state index contributed by atoms with van der Waals surface area (Å²) >= 11 is 0. The van der Waals surface area contributed by atoms with Crippen LogP contribution in [0.1, 0.15) is 30.4 Å². The number of carbonyl (C=O) groups excluding carboxylic acids is 1. The molecule has 0 radical (unpaired) electrons. The molecule has 1 nitrogen and oxygen atoms in total. The molecule has 1 atom stereocenters. The Balaban J connectivity index is 2.43. The van der Waals surface area contributed by atoms with E-state index in [1.165, 1.54) is 12.1 Å². The van der Waals surface area contributed by atoms with Gasteiger partial charge in [0.05, 0.1) is 5.92 Å². The minimum absolute atomic E-state index is 0.146. The molecule has 0 heterocycles. The zero-order valence-electron chi connectivity index (χ0n) is 10.3. The smallest absolute Gasteiger partial charge is 0.144 e. The highest BCUT2D eigenvalue weighted by molar-refractivity contribution is 5.88. The van der Waals surface area contributed by atoms with Crippen LogP contribution < -0.4 is 0 Å². The van der Waals surface area contributed by atoms with Gasteiger partial charge >= 0.3 is 0 Å². The Bertz CT molecular complexity index is 517. The normalized spacial score (nSPS) is 12.1. The van der Waals surface area contributed by atoms with E-state index < -0.39 is 0 Å². The highest BCUT2D eigenvalue weighted by Crippen LogP contribution is 2.26. The largest absolute Gasteiger partial charge is 0.299 e. The predicted octanol–water partition coefficient (Wildman–Crippen LogP) is 3.94. The molecule has 0 N–H and O–H groups in total. The van der Waals surface area contributed by atoms with Crippen molar-refractivity contribution < 1.29 is 9.18 Å². The molecule has 0 saturated heterocycles. The number of benzene rings is 2. The third-order valence-electron chi connectivity index (χ3n) is 3.01. The second kappa shape index (κ2) is 5.58. The predicted molar refractivity (Wildman–Crippen MR) is 70.0 cm³/mol. The Kier molecular flexibility index (Phi) is 3.88. The van der Waals surface area contributed by atoms with Gasteiger partial charge in [-0.1, -0.05) is 49.4 Å². The quantitative estimate of drug-likeness (QED) is 0.793. The van der Waals surface area contributed by atoms with Gasteiger partial charge in [-0.15, -0.1) is 0 Å². The summed E-state index contributed by atoms with van der Waals surface area (Å²) in [5, 5.41) is 0. The molecule has 1 unspecified atom stereocenters. The Morgan fingerprint density at radius 1 is 1.00 bits per heavy atom. The maximum Gasteiger partial charge on any atom is 0.144 e. The number of ketones is 1. The van der Waals surface area contributed by atoms with Crippen molar-refractivity contribution in [2.45, 2.75) is 19.3 Å². The van der Waals surface area contributed by atoms with E-state index in [1.807, 2.05) is 37.3 Å². The summed E-state index contributed by atoms with van der Waals surface area (Å²) in [5.74, 6) is -0.431. The topological polar surface area (TPSA) is 17.1 Å². The van der Waals surface area contributed by atoms with Crippen LogP contribution in [-0.2, 0) is 4.79 Å². The Labute approximate surface area is 106 Å². The van der Waals surface area contributed by atoms with Crippen molar-refractivity contribution in [1.82, 2.24) is 0 Å². The third kappa shape index (κ3) is 2.65. The van der Waals surface area contributed by atoms with Crippen LogP contribution in [0.15, 0.2) is 54.6 Å². The van der Waals surface area contributed by atoms with E-state index >= 15 is 0 Å².